The molecular formula is C47H60N4O6. The number of imidazole rings is 1. The summed E-state index contributed by atoms with van der Waals surface area (Å²) < 4.78 is 5.37. The lowest BCUT2D eigenvalue weighted by atomic mass is 10.0. The highest BCUT2D eigenvalue weighted by molar-refractivity contribution is 5.95. The Morgan fingerprint density at radius 2 is 1.25 bits per heavy atom. The second-order valence-electron chi connectivity index (χ2n) is 15.3. The van der Waals surface area contributed by atoms with Crippen LogP contribution in [0.15, 0.2) is 84.9 Å². The van der Waals surface area contributed by atoms with E-state index in [0.717, 1.165) is 46.4 Å². The molecule has 0 radical (unpaired) electrons. The lowest BCUT2D eigenvalue weighted by molar-refractivity contribution is -0.148. The first-order valence-electron chi connectivity index (χ1n) is 20.3. The summed E-state index contributed by atoms with van der Waals surface area (Å²) in [6.45, 7) is 7.64. The highest BCUT2D eigenvalue weighted by Gasteiger charge is 2.18. The molecule has 1 aromatic heterocycles. The van der Waals surface area contributed by atoms with Gasteiger partial charge in [-0.05, 0) is 62.6 Å². The highest BCUT2D eigenvalue weighted by Crippen LogP contribution is 2.34. The summed E-state index contributed by atoms with van der Waals surface area (Å²) in [6, 6.07) is 21.7. The number of nitrogens with zero attached hydrogens (tertiary/aromatic N) is 1. The predicted octanol–water partition coefficient (Wildman–Crippen LogP) is 8.90. The number of H-pyrrole nitrogens is 1. The number of carbonyl (C=O) groups is 3. The number of hydrogen-bond acceptors (Lipinski definition) is 7. The number of nitrogens with one attached hydrogen (secondary N) is 3. The van der Waals surface area contributed by atoms with Gasteiger partial charge in [0.15, 0.2) is 0 Å². The number of aliphatic hydroxyl groups excluding tert-OH is 2. The summed E-state index contributed by atoms with van der Waals surface area (Å²) in [5.41, 5.74) is 5.41. The smallest absolute Gasteiger partial charge is 0.331 e. The Kier molecular flexibility index (Phi) is 17.9. The zero-order chi connectivity index (χ0) is 41.0. The van der Waals surface area contributed by atoms with Gasteiger partial charge in [-0.2, -0.15) is 0 Å². The molecule has 57 heavy (non-hydrogen) atoms. The Balaban J connectivity index is 1.45. The molecule has 0 unspecified atom stereocenters. The van der Waals surface area contributed by atoms with Crippen molar-refractivity contribution in [3.8, 4) is 33.9 Å². The number of amides is 2. The van der Waals surface area contributed by atoms with Crippen LogP contribution >= 0.6 is 0 Å². The van der Waals surface area contributed by atoms with Crippen LogP contribution in [0.2, 0.25) is 0 Å². The summed E-state index contributed by atoms with van der Waals surface area (Å²) in [5, 5.41) is 24.4. The molecule has 0 aliphatic heterocycles. The fourth-order valence-corrected chi connectivity index (χ4v) is 6.19. The lowest BCUT2D eigenvalue weighted by Crippen LogP contribution is -2.40. The van der Waals surface area contributed by atoms with Gasteiger partial charge in [-0.25, -0.2) is 9.78 Å². The number of esters is 1. The van der Waals surface area contributed by atoms with E-state index >= 15 is 0 Å². The van der Waals surface area contributed by atoms with E-state index in [0.29, 0.717) is 23.6 Å². The molecule has 0 saturated carbocycles. The number of aliphatic hydroxyl groups is 2. The van der Waals surface area contributed by atoms with E-state index in [-0.39, 0.29) is 19.1 Å². The molecule has 2 amide bonds. The van der Waals surface area contributed by atoms with E-state index in [1.807, 2.05) is 69.3 Å². The van der Waals surface area contributed by atoms with Crippen LogP contribution in [0.3, 0.4) is 0 Å². The van der Waals surface area contributed by atoms with Crippen molar-refractivity contribution in [2.75, 3.05) is 19.8 Å². The van der Waals surface area contributed by atoms with Gasteiger partial charge in [0.05, 0.1) is 30.6 Å². The average Bonchev–Trinajstić information content (AvgIpc) is 3.66. The number of aromatic nitrogens is 2. The van der Waals surface area contributed by atoms with Crippen LogP contribution in [0.25, 0.3) is 46.1 Å². The van der Waals surface area contributed by atoms with Crippen LogP contribution in [-0.2, 0) is 14.3 Å². The van der Waals surface area contributed by atoms with E-state index in [1.54, 1.807) is 42.5 Å². The van der Waals surface area contributed by atoms with E-state index in [9.17, 15) is 24.6 Å². The zero-order valence-electron chi connectivity index (χ0n) is 34.0. The lowest BCUT2D eigenvalue weighted by Gasteiger charge is -2.17. The van der Waals surface area contributed by atoms with Gasteiger partial charge in [0.1, 0.15) is 11.4 Å². The minimum atomic E-state index is -0.751. The van der Waals surface area contributed by atoms with Crippen LogP contribution in [-0.4, -0.2) is 69.4 Å². The molecule has 1 heterocycles. The molecule has 0 aliphatic carbocycles. The molecule has 4 rings (SSSR count). The molecule has 304 valence electrons. The molecule has 4 aromatic rings. The maximum atomic E-state index is 12.7. The van der Waals surface area contributed by atoms with Gasteiger partial charge >= 0.3 is 5.97 Å². The highest BCUT2D eigenvalue weighted by atomic mass is 16.6. The van der Waals surface area contributed by atoms with E-state index in [4.69, 9.17) is 9.72 Å². The van der Waals surface area contributed by atoms with E-state index in [2.05, 4.69) is 22.5 Å². The second kappa shape index (κ2) is 23.0. The number of aromatic amines is 1. The quantitative estimate of drug-likeness (QED) is 0.0304. The van der Waals surface area contributed by atoms with Crippen molar-refractivity contribution >= 4 is 29.9 Å². The van der Waals surface area contributed by atoms with E-state index in [1.165, 1.54) is 57.4 Å². The largest absolute Gasteiger partial charge is 0.457 e. The minimum Gasteiger partial charge on any atom is -0.457 e. The molecule has 5 N–H and O–H groups in total. The number of rotatable bonds is 22. The summed E-state index contributed by atoms with van der Waals surface area (Å²) >= 11 is 0. The van der Waals surface area contributed by atoms with Gasteiger partial charge in [0.25, 0.3) is 5.91 Å². The molecule has 3 aromatic carbocycles. The van der Waals surface area contributed by atoms with Crippen molar-refractivity contribution in [2.24, 2.45) is 0 Å². The molecule has 0 spiro atoms. The van der Waals surface area contributed by atoms with Crippen LogP contribution in [0.4, 0.5) is 0 Å². The molecular weight excluding hydrogens is 717 g/mol. The first-order chi connectivity index (χ1) is 27.5. The monoisotopic (exact) mass is 776 g/mol. The third kappa shape index (κ3) is 15.3. The molecule has 10 nitrogen and oxygen atoms in total. The first-order valence-corrected chi connectivity index (χ1v) is 20.3. The van der Waals surface area contributed by atoms with Gasteiger partial charge in [0, 0.05) is 41.0 Å². The van der Waals surface area contributed by atoms with Crippen molar-refractivity contribution in [3.05, 3.63) is 102 Å². The first kappa shape index (κ1) is 44.4. The molecule has 0 fully saturated rings. The van der Waals surface area contributed by atoms with Gasteiger partial charge in [-0.15, -0.1) is 0 Å². The van der Waals surface area contributed by atoms with Gasteiger partial charge in [-0.3, -0.25) is 9.59 Å². The van der Waals surface area contributed by atoms with Crippen molar-refractivity contribution < 1.29 is 29.3 Å². The van der Waals surface area contributed by atoms with Crippen LogP contribution in [0.5, 0.6) is 0 Å². The van der Waals surface area contributed by atoms with Gasteiger partial charge in [-0.1, -0.05) is 125 Å². The molecule has 0 saturated heterocycles. The Hall–Kier alpha value is -5.32. The van der Waals surface area contributed by atoms with Crippen LogP contribution in [0.1, 0.15) is 113 Å². The van der Waals surface area contributed by atoms with Crippen molar-refractivity contribution in [1.82, 2.24) is 20.6 Å². The fraction of sp³-hybridized carbons (Fsp3) is 0.404. The predicted molar refractivity (Wildman–Crippen MR) is 229 cm³/mol. The van der Waals surface area contributed by atoms with Crippen LogP contribution < -0.4 is 10.6 Å². The topological polar surface area (TPSA) is 154 Å². The molecule has 0 atom stereocenters. The van der Waals surface area contributed by atoms with Crippen molar-refractivity contribution in [2.45, 2.75) is 104 Å². The van der Waals surface area contributed by atoms with Crippen LogP contribution in [0, 0.1) is 0 Å². The third-order valence-corrected chi connectivity index (χ3v) is 9.36. The number of ether oxygens (including phenoxy) is 1. The van der Waals surface area contributed by atoms with Crippen molar-refractivity contribution in [1.29, 1.82) is 0 Å². The summed E-state index contributed by atoms with van der Waals surface area (Å²) in [5.74, 6) is -0.306. The Morgan fingerprint density at radius 1 is 0.719 bits per heavy atom. The maximum absolute atomic E-state index is 12.7. The standard InChI is InChI=1S/C47H60N4O6/c1-5-6-7-8-9-10-11-12-13-14-31-48-41(54)29-19-34-15-21-36(22-16-34)43-44(37-25-27-39(28-26-37)46(56)49-40(32-52)33-53)51-45(50-43)38-23-17-35(18-24-38)20-30-42(55)57-47(2,3)4/h15-30,40,52-53H,5-14,31-33H2,1-4H3,(H,48,54)(H,49,56)(H,50,51)/b29-19+,30-20+. The maximum Gasteiger partial charge on any atom is 0.331 e. The number of benzene rings is 3. The average molecular weight is 777 g/mol. The molecule has 10 heteroatoms. The van der Waals surface area contributed by atoms with Crippen molar-refractivity contribution in [3.63, 3.8) is 0 Å². The number of carbonyl (C=O) groups excluding carboxylic acids is 3. The zero-order valence-corrected chi connectivity index (χ0v) is 34.0. The fourth-order valence-electron chi connectivity index (χ4n) is 6.19. The summed E-state index contributed by atoms with van der Waals surface area (Å²) in [6.07, 6.45) is 19.0. The van der Waals surface area contributed by atoms with Gasteiger partial charge < -0.3 is 30.6 Å². The Morgan fingerprint density at radius 3 is 1.81 bits per heavy atom. The second-order valence-corrected chi connectivity index (χ2v) is 15.3. The number of hydrogen-bond donors (Lipinski definition) is 5. The molecule has 0 bridgehead atoms. The number of unbranched alkanes of at least 4 members (excludes halogenated alkanes) is 9. The Labute approximate surface area is 337 Å². The minimum absolute atomic E-state index is 0.109. The molecule has 0 aliphatic rings. The summed E-state index contributed by atoms with van der Waals surface area (Å²) in [4.78, 5) is 45.9. The van der Waals surface area contributed by atoms with E-state index < -0.39 is 23.5 Å². The normalized spacial score (nSPS) is 11.8. The Bertz CT molecular complexity index is 1900. The summed E-state index contributed by atoms with van der Waals surface area (Å²) in [7, 11) is 0. The third-order valence-electron chi connectivity index (χ3n) is 9.36. The van der Waals surface area contributed by atoms with Gasteiger partial charge in [0.2, 0.25) is 5.91 Å². The SMILES string of the molecule is CCCCCCCCCCCCNC(=O)/C=C/c1ccc(-c2[nH]c(-c3ccc(/C=C/C(=O)OC(C)(C)C)cc3)nc2-c2ccc(C(=O)NC(CO)CO)cc2)cc1.